The Labute approximate surface area is 156 Å². The Bertz CT molecular complexity index is 826. The zero-order chi connectivity index (χ0) is 17.8. The van der Waals surface area contributed by atoms with E-state index in [1.54, 1.807) is 23.0 Å². The second kappa shape index (κ2) is 8.36. The molecule has 25 heavy (non-hydrogen) atoms. The summed E-state index contributed by atoms with van der Waals surface area (Å²) in [6.45, 7) is 2.90. The van der Waals surface area contributed by atoms with Crippen LogP contribution in [0.25, 0.3) is 10.2 Å². The number of nitrogens with one attached hydrogen (secondary N) is 1. The molecule has 2 aromatic rings. The zero-order valence-corrected chi connectivity index (χ0v) is 16.5. The predicted molar refractivity (Wildman–Crippen MR) is 105 cm³/mol. The molecular formula is C18H25N3O2S2. The first kappa shape index (κ1) is 18.5. The van der Waals surface area contributed by atoms with E-state index in [0.29, 0.717) is 10.9 Å². The average Bonchev–Trinajstić information content (AvgIpc) is 3.17. The molecular weight excluding hydrogens is 354 g/mol. The Balaban J connectivity index is 1.63. The second-order valence-electron chi connectivity index (χ2n) is 6.50. The Morgan fingerprint density at radius 2 is 2.16 bits per heavy atom. The van der Waals surface area contributed by atoms with Gasteiger partial charge in [-0.3, -0.25) is 14.2 Å². The maximum Gasteiger partial charge on any atom is 0.262 e. The lowest BCUT2D eigenvalue weighted by Crippen LogP contribution is -2.27. The van der Waals surface area contributed by atoms with E-state index in [2.05, 4.69) is 17.2 Å². The van der Waals surface area contributed by atoms with Gasteiger partial charge in [-0.25, -0.2) is 4.98 Å². The lowest BCUT2D eigenvalue weighted by Gasteiger charge is -2.08. The van der Waals surface area contributed by atoms with Gasteiger partial charge in [-0.2, -0.15) is 0 Å². The number of amides is 1. The van der Waals surface area contributed by atoms with E-state index >= 15 is 0 Å². The molecule has 0 radical (unpaired) electrons. The predicted octanol–water partition coefficient (Wildman–Crippen LogP) is 3.27. The molecule has 0 saturated heterocycles. The van der Waals surface area contributed by atoms with E-state index in [1.807, 2.05) is 0 Å². The summed E-state index contributed by atoms with van der Waals surface area (Å²) in [7, 11) is 1.75. The topological polar surface area (TPSA) is 64.0 Å². The van der Waals surface area contributed by atoms with Crippen LogP contribution in [0.2, 0.25) is 0 Å². The molecule has 2 aromatic heterocycles. The molecule has 0 bridgehead atoms. The maximum absolute atomic E-state index is 12.7. The average molecular weight is 380 g/mol. The van der Waals surface area contributed by atoms with Crippen LogP contribution in [0.5, 0.6) is 0 Å². The summed E-state index contributed by atoms with van der Waals surface area (Å²) in [5.41, 5.74) is 1.22. The highest BCUT2D eigenvalue weighted by atomic mass is 32.2. The van der Waals surface area contributed by atoms with Crippen molar-refractivity contribution >= 4 is 39.2 Å². The fraction of sp³-hybridized carbons (Fsp3) is 0.611. The van der Waals surface area contributed by atoms with Gasteiger partial charge in [-0.05, 0) is 31.2 Å². The van der Waals surface area contributed by atoms with Gasteiger partial charge in [-0.1, -0.05) is 37.9 Å². The molecule has 0 aliphatic heterocycles. The molecule has 0 spiro atoms. The standard InChI is InChI=1S/C18H25N3O2S2/c1-3-4-5-6-10-19-14(22)11-24-18-20-16-15(17(23)21(18)2)12-8-7-9-13(12)25-16/h3-11H2,1-2H3,(H,19,22). The third-order valence-electron chi connectivity index (χ3n) is 4.59. The molecule has 1 aliphatic carbocycles. The number of unbranched alkanes of at least 4 members (excludes halogenated alkanes) is 3. The van der Waals surface area contributed by atoms with E-state index in [9.17, 15) is 9.59 Å². The minimum absolute atomic E-state index is 0.00418. The fourth-order valence-electron chi connectivity index (χ4n) is 3.20. The number of hydrogen-bond donors (Lipinski definition) is 1. The SMILES string of the molecule is CCCCCCNC(=O)CSc1nc2sc3c(c2c(=O)n1C)CCC3. The minimum Gasteiger partial charge on any atom is -0.355 e. The number of thiophene rings is 1. The monoisotopic (exact) mass is 379 g/mol. The molecule has 2 heterocycles. The van der Waals surface area contributed by atoms with Crippen molar-refractivity contribution in [1.29, 1.82) is 0 Å². The number of aromatic nitrogens is 2. The first-order valence-electron chi connectivity index (χ1n) is 9.02. The molecule has 0 saturated carbocycles. The van der Waals surface area contributed by atoms with Crippen molar-refractivity contribution in [1.82, 2.24) is 14.9 Å². The lowest BCUT2D eigenvalue weighted by molar-refractivity contribution is -0.118. The van der Waals surface area contributed by atoms with Crippen molar-refractivity contribution < 1.29 is 4.79 Å². The van der Waals surface area contributed by atoms with E-state index in [-0.39, 0.29) is 11.5 Å². The van der Waals surface area contributed by atoms with Crippen LogP contribution in [0.15, 0.2) is 9.95 Å². The van der Waals surface area contributed by atoms with Gasteiger partial charge in [0.25, 0.3) is 5.56 Å². The molecule has 1 aliphatic rings. The number of fused-ring (bicyclic) bond motifs is 3. The van der Waals surface area contributed by atoms with Crippen LogP contribution in [-0.2, 0) is 24.7 Å². The summed E-state index contributed by atoms with van der Waals surface area (Å²) >= 11 is 2.98. The fourth-order valence-corrected chi connectivity index (χ4v) is 5.30. The van der Waals surface area contributed by atoms with E-state index in [1.165, 1.54) is 35.0 Å². The van der Waals surface area contributed by atoms with Crippen molar-refractivity contribution in [2.75, 3.05) is 12.3 Å². The highest BCUT2D eigenvalue weighted by Crippen LogP contribution is 2.35. The quantitative estimate of drug-likeness (QED) is 0.434. The van der Waals surface area contributed by atoms with Gasteiger partial charge in [0, 0.05) is 18.5 Å². The molecule has 136 valence electrons. The number of aryl methyl sites for hydroxylation is 2. The van der Waals surface area contributed by atoms with Crippen molar-refractivity contribution in [3.8, 4) is 0 Å². The Morgan fingerprint density at radius 1 is 1.32 bits per heavy atom. The first-order chi connectivity index (χ1) is 12.1. The molecule has 0 unspecified atom stereocenters. The molecule has 0 aromatic carbocycles. The third-order valence-corrected chi connectivity index (χ3v) is 6.81. The van der Waals surface area contributed by atoms with Crippen LogP contribution in [0.4, 0.5) is 0 Å². The molecule has 1 N–H and O–H groups in total. The van der Waals surface area contributed by atoms with Gasteiger partial charge in [0.2, 0.25) is 5.91 Å². The van der Waals surface area contributed by atoms with Gasteiger partial charge >= 0.3 is 0 Å². The molecule has 0 fully saturated rings. The maximum atomic E-state index is 12.7. The van der Waals surface area contributed by atoms with Crippen LogP contribution >= 0.6 is 23.1 Å². The van der Waals surface area contributed by atoms with Crippen LogP contribution in [0.1, 0.15) is 49.5 Å². The normalized spacial score (nSPS) is 13.4. The van der Waals surface area contributed by atoms with Crippen LogP contribution in [0.3, 0.4) is 0 Å². The summed E-state index contributed by atoms with van der Waals surface area (Å²) in [4.78, 5) is 31.5. The van der Waals surface area contributed by atoms with Crippen LogP contribution in [0, 0.1) is 0 Å². The summed E-state index contributed by atoms with van der Waals surface area (Å²) in [5, 5.41) is 4.36. The summed E-state index contributed by atoms with van der Waals surface area (Å²) in [5.74, 6) is 0.300. The first-order valence-corrected chi connectivity index (χ1v) is 10.8. The summed E-state index contributed by atoms with van der Waals surface area (Å²) in [6, 6.07) is 0. The van der Waals surface area contributed by atoms with Crippen molar-refractivity contribution in [3.05, 3.63) is 20.8 Å². The van der Waals surface area contributed by atoms with Crippen molar-refractivity contribution in [2.24, 2.45) is 7.05 Å². The van der Waals surface area contributed by atoms with Crippen LogP contribution in [-0.4, -0.2) is 27.8 Å². The van der Waals surface area contributed by atoms with Gasteiger partial charge in [0.15, 0.2) is 5.16 Å². The van der Waals surface area contributed by atoms with E-state index in [0.717, 1.165) is 48.9 Å². The molecule has 0 atom stereocenters. The van der Waals surface area contributed by atoms with Gasteiger partial charge < -0.3 is 5.32 Å². The number of carbonyl (C=O) groups excluding carboxylic acids is 1. The molecule has 3 rings (SSSR count). The Kier molecular flexibility index (Phi) is 6.17. The highest BCUT2D eigenvalue weighted by Gasteiger charge is 2.22. The number of carbonyl (C=O) groups is 1. The number of hydrogen-bond acceptors (Lipinski definition) is 5. The zero-order valence-electron chi connectivity index (χ0n) is 14.9. The van der Waals surface area contributed by atoms with Gasteiger partial charge in [0.05, 0.1) is 11.1 Å². The van der Waals surface area contributed by atoms with Gasteiger partial charge in [0.1, 0.15) is 4.83 Å². The minimum atomic E-state index is 0.00418. The Morgan fingerprint density at radius 3 is 2.96 bits per heavy atom. The molecule has 1 amide bonds. The van der Waals surface area contributed by atoms with Crippen molar-refractivity contribution in [3.63, 3.8) is 0 Å². The summed E-state index contributed by atoms with van der Waals surface area (Å²) in [6.07, 6.45) is 7.75. The van der Waals surface area contributed by atoms with Crippen molar-refractivity contribution in [2.45, 2.75) is 57.0 Å². The second-order valence-corrected chi connectivity index (χ2v) is 8.52. The largest absolute Gasteiger partial charge is 0.355 e. The van der Waals surface area contributed by atoms with Gasteiger partial charge in [-0.15, -0.1) is 11.3 Å². The highest BCUT2D eigenvalue weighted by molar-refractivity contribution is 7.99. The van der Waals surface area contributed by atoms with E-state index in [4.69, 9.17) is 0 Å². The third kappa shape index (κ3) is 4.08. The smallest absolute Gasteiger partial charge is 0.262 e. The number of nitrogens with zero attached hydrogens (tertiary/aromatic N) is 2. The number of rotatable bonds is 8. The summed E-state index contributed by atoms with van der Waals surface area (Å²) < 4.78 is 1.59. The Hall–Kier alpha value is -1.34. The number of thioether (sulfide) groups is 1. The van der Waals surface area contributed by atoms with Crippen LogP contribution < -0.4 is 10.9 Å². The molecule has 7 heteroatoms. The molecule has 5 nitrogen and oxygen atoms in total. The van der Waals surface area contributed by atoms with E-state index < -0.39 is 0 Å². The lowest BCUT2D eigenvalue weighted by atomic mass is 10.2.